The zero-order chi connectivity index (χ0) is 26.6. The van der Waals surface area contributed by atoms with Crippen molar-refractivity contribution in [3.63, 3.8) is 0 Å². The van der Waals surface area contributed by atoms with E-state index < -0.39 is 0 Å². The van der Waals surface area contributed by atoms with Gasteiger partial charge in [0, 0.05) is 71.0 Å². The summed E-state index contributed by atoms with van der Waals surface area (Å²) in [5, 5.41) is 1.45. The third kappa shape index (κ3) is 6.07. The van der Waals surface area contributed by atoms with E-state index in [1.54, 1.807) is 22.8 Å². The molecule has 0 saturated carbocycles. The fraction of sp³-hybridized carbons (Fsp3) is 0.407. The second kappa shape index (κ2) is 11.7. The number of thioether (sulfide) groups is 1. The Hall–Kier alpha value is -3.24. The molecule has 0 bridgehead atoms. The SMILES string of the molecule is CC(=O)N1CCN(C(=O)c2ccc(CSc3nc(C)cc(N4CCN(c5ccccc5Cl)CC4)n3)o2)CC1. The van der Waals surface area contributed by atoms with Gasteiger partial charge in [0.2, 0.25) is 5.91 Å². The van der Waals surface area contributed by atoms with Gasteiger partial charge in [-0.3, -0.25) is 9.59 Å². The molecule has 38 heavy (non-hydrogen) atoms. The molecule has 11 heteroatoms. The number of carbonyl (C=O) groups excluding carboxylic acids is 2. The van der Waals surface area contributed by atoms with Gasteiger partial charge in [0.15, 0.2) is 10.9 Å². The van der Waals surface area contributed by atoms with Gasteiger partial charge in [-0.25, -0.2) is 9.97 Å². The van der Waals surface area contributed by atoms with Crippen LogP contribution in [-0.2, 0) is 10.5 Å². The van der Waals surface area contributed by atoms with Crippen molar-refractivity contribution in [3.05, 3.63) is 64.7 Å². The summed E-state index contributed by atoms with van der Waals surface area (Å²) in [4.78, 5) is 41.9. The maximum atomic E-state index is 12.8. The van der Waals surface area contributed by atoms with Crippen LogP contribution in [0.5, 0.6) is 0 Å². The first-order valence-electron chi connectivity index (χ1n) is 12.7. The average Bonchev–Trinajstić information content (AvgIpc) is 3.41. The van der Waals surface area contributed by atoms with E-state index >= 15 is 0 Å². The maximum absolute atomic E-state index is 12.8. The Morgan fingerprint density at radius 3 is 2.32 bits per heavy atom. The molecular weight excluding hydrogens is 524 g/mol. The number of hydrogen-bond donors (Lipinski definition) is 0. The molecule has 3 aromatic rings. The molecule has 200 valence electrons. The third-order valence-electron chi connectivity index (χ3n) is 6.85. The van der Waals surface area contributed by atoms with E-state index in [-0.39, 0.29) is 11.8 Å². The number of amides is 2. The summed E-state index contributed by atoms with van der Waals surface area (Å²) in [6.07, 6.45) is 0. The first kappa shape index (κ1) is 26.4. The summed E-state index contributed by atoms with van der Waals surface area (Å²) < 4.78 is 5.86. The standard InChI is InChI=1S/C27H31ClN6O3S/c1-19-17-25(33-13-11-32(12-14-33)23-6-4-3-5-22(23)28)30-27(29-19)38-18-21-7-8-24(37-21)26(36)34-15-9-31(10-16-34)20(2)35/h3-8,17H,9-16,18H2,1-2H3. The van der Waals surface area contributed by atoms with Crippen LogP contribution in [0.1, 0.15) is 28.9 Å². The number of halogens is 1. The predicted molar refractivity (Wildman–Crippen MR) is 149 cm³/mol. The van der Waals surface area contributed by atoms with Crippen LogP contribution in [-0.4, -0.2) is 83.9 Å². The summed E-state index contributed by atoms with van der Waals surface area (Å²) in [7, 11) is 0. The number of furan rings is 1. The van der Waals surface area contributed by atoms with Gasteiger partial charge >= 0.3 is 0 Å². The van der Waals surface area contributed by atoms with Crippen LogP contribution < -0.4 is 9.80 Å². The van der Waals surface area contributed by atoms with Crippen LogP contribution in [0.3, 0.4) is 0 Å². The van der Waals surface area contributed by atoms with E-state index in [9.17, 15) is 9.59 Å². The molecule has 9 nitrogen and oxygen atoms in total. The largest absolute Gasteiger partial charge is 0.455 e. The number of hydrogen-bond acceptors (Lipinski definition) is 8. The normalized spacial score (nSPS) is 16.2. The lowest BCUT2D eigenvalue weighted by atomic mass is 10.2. The number of para-hydroxylation sites is 1. The van der Waals surface area contributed by atoms with Gasteiger partial charge in [-0.15, -0.1) is 0 Å². The van der Waals surface area contributed by atoms with Crippen LogP contribution in [0.25, 0.3) is 0 Å². The van der Waals surface area contributed by atoms with Crippen LogP contribution in [0.4, 0.5) is 11.5 Å². The minimum Gasteiger partial charge on any atom is -0.455 e. The molecule has 0 radical (unpaired) electrons. The van der Waals surface area contributed by atoms with Crippen molar-refractivity contribution in [2.24, 2.45) is 0 Å². The molecule has 4 heterocycles. The minimum absolute atomic E-state index is 0.0373. The number of rotatable bonds is 6. The van der Waals surface area contributed by atoms with Crippen molar-refractivity contribution >= 4 is 46.7 Å². The van der Waals surface area contributed by atoms with Gasteiger partial charge in [0.25, 0.3) is 5.91 Å². The second-order valence-electron chi connectivity index (χ2n) is 9.43. The van der Waals surface area contributed by atoms with Crippen molar-refractivity contribution in [1.82, 2.24) is 19.8 Å². The van der Waals surface area contributed by atoms with Gasteiger partial charge in [-0.1, -0.05) is 35.5 Å². The summed E-state index contributed by atoms with van der Waals surface area (Å²) >= 11 is 7.88. The maximum Gasteiger partial charge on any atom is 0.289 e. The molecule has 0 atom stereocenters. The molecule has 1 aromatic carbocycles. The molecule has 2 aliphatic rings. The Bertz CT molecular complexity index is 1300. The minimum atomic E-state index is -0.144. The number of nitrogens with zero attached hydrogens (tertiary/aromatic N) is 6. The topological polar surface area (TPSA) is 86.0 Å². The Morgan fingerprint density at radius 2 is 1.61 bits per heavy atom. The van der Waals surface area contributed by atoms with Crippen molar-refractivity contribution in [3.8, 4) is 0 Å². The molecule has 2 amide bonds. The average molecular weight is 555 g/mol. The van der Waals surface area contributed by atoms with E-state index in [0.29, 0.717) is 48.6 Å². The zero-order valence-corrected chi connectivity index (χ0v) is 23.2. The highest BCUT2D eigenvalue weighted by Gasteiger charge is 2.25. The molecule has 5 rings (SSSR count). The number of piperazine rings is 2. The van der Waals surface area contributed by atoms with Crippen molar-refractivity contribution in [1.29, 1.82) is 0 Å². The first-order chi connectivity index (χ1) is 18.4. The van der Waals surface area contributed by atoms with Gasteiger partial charge < -0.3 is 24.0 Å². The van der Waals surface area contributed by atoms with E-state index in [0.717, 1.165) is 48.4 Å². The van der Waals surface area contributed by atoms with Crippen molar-refractivity contribution in [2.75, 3.05) is 62.2 Å². The number of anilines is 2. The Kier molecular flexibility index (Phi) is 8.09. The van der Waals surface area contributed by atoms with Crippen molar-refractivity contribution < 1.29 is 14.0 Å². The zero-order valence-electron chi connectivity index (χ0n) is 21.6. The summed E-state index contributed by atoms with van der Waals surface area (Å²) in [5.74, 6) is 2.35. The van der Waals surface area contributed by atoms with E-state index in [1.165, 1.54) is 11.8 Å². The molecule has 2 aromatic heterocycles. The molecular formula is C27H31ClN6O3S. The predicted octanol–water partition coefficient (Wildman–Crippen LogP) is 3.95. The first-order valence-corrected chi connectivity index (χ1v) is 14.1. The highest BCUT2D eigenvalue weighted by Crippen LogP contribution is 2.28. The third-order valence-corrected chi connectivity index (χ3v) is 8.03. The lowest BCUT2D eigenvalue weighted by molar-refractivity contribution is -0.130. The highest BCUT2D eigenvalue weighted by molar-refractivity contribution is 7.98. The fourth-order valence-corrected chi connectivity index (χ4v) is 5.77. The Labute approximate surface area is 231 Å². The summed E-state index contributed by atoms with van der Waals surface area (Å²) in [6.45, 7) is 9.06. The van der Waals surface area contributed by atoms with Gasteiger partial charge in [-0.2, -0.15) is 0 Å². The lowest BCUT2D eigenvalue weighted by Crippen LogP contribution is -2.50. The van der Waals surface area contributed by atoms with Gasteiger partial charge in [-0.05, 0) is 31.2 Å². The Balaban J connectivity index is 1.16. The highest BCUT2D eigenvalue weighted by atomic mass is 35.5. The molecule has 2 saturated heterocycles. The van der Waals surface area contributed by atoms with Crippen LogP contribution in [0.15, 0.2) is 52.0 Å². The second-order valence-corrected chi connectivity index (χ2v) is 10.8. The molecule has 0 aliphatic carbocycles. The Morgan fingerprint density at radius 1 is 0.921 bits per heavy atom. The number of aromatic nitrogens is 2. The monoisotopic (exact) mass is 554 g/mol. The molecule has 2 aliphatic heterocycles. The smallest absolute Gasteiger partial charge is 0.289 e. The van der Waals surface area contributed by atoms with Crippen LogP contribution >= 0.6 is 23.4 Å². The molecule has 0 N–H and O–H groups in total. The molecule has 2 fully saturated rings. The van der Waals surface area contributed by atoms with Crippen molar-refractivity contribution in [2.45, 2.75) is 24.8 Å². The van der Waals surface area contributed by atoms with E-state index in [4.69, 9.17) is 21.0 Å². The number of aryl methyl sites for hydroxylation is 1. The van der Waals surface area contributed by atoms with Gasteiger partial charge in [0.1, 0.15) is 11.6 Å². The molecule has 0 spiro atoms. The fourth-order valence-electron chi connectivity index (χ4n) is 4.72. The number of carbonyl (C=O) groups is 2. The van der Waals surface area contributed by atoms with E-state index in [2.05, 4.69) is 20.9 Å². The van der Waals surface area contributed by atoms with Gasteiger partial charge in [0.05, 0.1) is 16.5 Å². The quantitative estimate of drug-likeness (QED) is 0.334. The van der Waals surface area contributed by atoms with E-state index in [1.807, 2.05) is 37.3 Å². The number of benzene rings is 1. The summed E-state index contributed by atoms with van der Waals surface area (Å²) in [6, 6.07) is 13.5. The van der Waals surface area contributed by atoms with Crippen LogP contribution in [0.2, 0.25) is 5.02 Å². The lowest BCUT2D eigenvalue weighted by Gasteiger charge is -2.37. The summed E-state index contributed by atoms with van der Waals surface area (Å²) in [5.41, 5.74) is 1.98. The molecule has 0 unspecified atom stereocenters. The van der Waals surface area contributed by atoms with Crippen LogP contribution in [0, 0.1) is 6.92 Å².